The van der Waals surface area contributed by atoms with E-state index in [0.29, 0.717) is 25.2 Å². The van der Waals surface area contributed by atoms with E-state index in [4.69, 9.17) is 0 Å². The highest BCUT2D eigenvalue weighted by Crippen LogP contribution is 2.12. The van der Waals surface area contributed by atoms with Crippen molar-refractivity contribution in [2.75, 3.05) is 38.1 Å². The molecule has 1 fully saturated rings. The minimum absolute atomic E-state index is 0.0137. The molecule has 6 nitrogen and oxygen atoms in total. The van der Waals surface area contributed by atoms with E-state index in [-0.39, 0.29) is 18.0 Å². The van der Waals surface area contributed by atoms with E-state index >= 15 is 0 Å². The molecule has 2 aromatic rings. The summed E-state index contributed by atoms with van der Waals surface area (Å²) in [6.07, 6.45) is 2.45. The van der Waals surface area contributed by atoms with E-state index in [1.165, 1.54) is 5.69 Å². The van der Waals surface area contributed by atoms with Crippen molar-refractivity contribution in [1.82, 2.24) is 15.5 Å². The van der Waals surface area contributed by atoms with Crippen LogP contribution in [-0.4, -0.2) is 56.1 Å². The van der Waals surface area contributed by atoms with Gasteiger partial charge < -0.3 is 20.4 Å². The molecule has 154 valence electrons. The van der Waals surface area contributed by atoms with Gasteiger partial charge in [0.1, 0.15) is 0 Å². The van der Waals surface area contributed by atoms with Crippen LogP contribution in [0.3, 0.4) is 0 Å². The van der Waals surface area contributed by atoms with E-state index in [0.717, 1.165) is 25.8 Å². The average Bonchev–Trinajstić information content (AvgIpc) is 2.78. The summed E-state index contributed by atoms with van der Waals surface area (Å²) in [5.74, 6) is -0.0453. The first kappa shape index (κ1) is 20.7. The Morgan fingerprint density at radius 3 is 2.28 bits per heavy atom. The van der Waals surface area contributed by atoms with E-state index in [9.17, 15) is 9.59 Å². The number of hydrogen-bond donors (Lipinski definition) is 2. The fourth-order valence-corrected chi connectivity index (χ4v) is 3.52. The summed E-state index contributed by atoms with van der Waals surface area (Å²) in [7, 11) is 2.06. The van der Waals surface area contributed by atoms with Crippen LogP contribution in [0.1, 0.15) is 29.6 Å². The lowest BCUT2D eigenvalue weighted by Crippen LogP contribution is -2.49. The normalized spacial score (nSPS) is 14.3. The Bertz CT molecular complexity index is 774. The third kappa shape index (κ3) is 6.24. The number of para-hydroxylation sites is 1. The SMILES string of the molecule is CN(CCCNC(=O)N1CCC(NC(=O)c2ccccc2)CC1)c1ccccc1. The summed E-state index contributed by atoms with van der Waals surface area (Å²) in [5, 5.41) is 6.09. The van der Waals surface area contributed by atoms with Gasteiger partial charge in [0.2, 0.25) is 0 Å². The summed E-state index contributed by atoms with van der Waals surface area (Å²) in [6.45, 7) is 2.86. The molecule has 3 amide bonds. The Hall–Kier alpha value is -3.02. The summed E-state index contributed by atoms with van der Waals surface area (Å²) in [5.41, 5.74) is 1.85. The summed E-state index contributed by atoms with van der Waals surface area (Å²) >= 11 is 0. The van der Waals surface area contributed by atoms with Crippen LogP contribution >= 0.6 is 0 Å². The molecule has 2 N–H and O–H groups in total. The fraction of sp³-hybridized carbons (Fsp3) is 0.391. The van der Waals surface area contributed by atoms with Crippen molar-refractivity contribution >= 4 is 17.6 Å². The Kier molecular flexibility index (Phi) is 7.50. The zero-order valence-corrected chi connectivity index (χ0v) is 17.0. The zero-order chi connectivity index (χ0) is 20.5. The quantitative estimate of drug-likeness (QED) is 0.709. The molecule has 6 heteroatoms. The van der Waals surface area contributed by atoms with E-state index in [2.05, 4.69) is 34.7 Å². The van der Waals surface area contributed by atoms with Gasteiger partial charge in [-0.25, -0.2) is 4.79 Å². The number of amides is 3. The fourth-order valence-electron chi connectivity index (χ4n) is 3.52. The standard InChI is InChI=1S/C23H30N4O2/c1-26(21-11-6-3-7-12-21)16-8-15-24-23(29)27-17-13-20(14-18-27)25-22(28)19-9-4-2-5-10-19/h2-7,9-12,20H,8,13-18H2,1H3,(H,24,29)(H,25,28). The number of urea groups is 1. The van der Waals surface area contributed by atoms with Crippen molar-refractivity contribution in [2.24, 2.45) is 0 Å². The van der Waals surface area contributed by atoms with Gasteiger partial charge in [-0.3, -0.25) is 4.79 Å². The largest absolute Gasteiger partial charge is 0.375 e. The number of nitrogens with one attached hydrogen (secondary N) is 2. The van der Waals surface area contributed by atoms with Crippen molar-refractivity contribution in [3.63, 3.8) is 0 Å². The van der Waals surface area contributed by atoms with E-state index in [1.807, 2.05) is 53.4 Å². The van der Waals surface area contributed by atoms with Gasteiger partial charge in [0, 0.05) is 50.5 Å². The number of benzene rings is 2. The highest BCUT2D eigenvalue weighted by Gasteiger charge is 2.23. The molecule has 3 rings (SSSR count). The molecule has 0 aromatic heterocycles. The van der Waals surface area contributed by atoms with Crippen LogP contribution in [0.2, 0.25) is 0 Å². The Morgan fingerprint density at radius 1 is 1.00 bits per heavy atom. The molecule has 1 aliphatic heterocycles. The monoisotopic (exact) mass is 394 g/mol. The van der Waals surface area contributed by atoms with Crippen molar-refractivity contribution in [3.8, 4) is 0 Å². The van der Waals surface area contributed by atoms with Gasteiger partial charge in [-0.15, -0.1) is 0 Å². The highest BCUT2D eigenvalue weighted by molar-refractivity contribution is 5.94. The third-order valence-corrected chi connectivity index (χ3v) is 5.30. The molecule has 0 spiro atoms. The molecule has 2 aromatic carbocycles. The van der Waals surface area contributed by atoms with Gasteiger partial charge in [-0.1, -0.05) is 36.4 Å². The summed E-state index contributed by atoms with van der Waals surface area (Å²) in [4.78, 5) is 28.7. The number of rotatable bonds is 7. The van der Waals surface area contributed by atoms with Crippen LogP contribution in [0.5, 0.6) is 0 Å². The molecule has 0 radical (unpaired) electrons. The molecule has 1 aliphatic rings. The molecule has 0 atom stereocenters. The Morgan fingerprint density at radius 2 is 1.62 bits per heavy atom. The van der Waals surface area contributed by atoms with Crippen molar-refractivity contribution < 1.29 is 9.59 Å². The predicted molar refractivity (Wildman–Crippen MR) is 116 cm³/mol. The molecular weight excluding hydrogens is 364 g/mol. The van der Waals surface area contributed by atoms with Crippen LogP contribution in [0.4, 0.5) is 10.5 Å². The predicted octanol–water partition coefficient (Wildman–Crippen LogP) is 3.12. The van der Waals surface area contributed by atoms with Gasteiger partial charge >= 0.3 is 6.03 Å². The second kappa shape index (κ2) is 10.5. The Labute approximate surface area is 172 Å². The molecule has 0 saturated carbocycles. The molecule has 29 heavy (non-hydrogen) atoms. The van der Waals surface area contributed by atoms with Gasteiger partial charge in [0.25, 0.3) is 5.91 Å². The number of carbonyl (C=O) groups is 2. The lowest BCUT2D eigenvalue weighted by molar-refractivity contribution is 0.0918. The minimum Gasteiger partial charge on any atom is -0.375 e. The first-order chi connectivity index (χ1) is 14.1. The number of piperidine rings is 1. The molecule has 1 heterocycles. The van der Waals surface area contributed by atoms with E-state index < -0.39 is 0 Å². The average molecular weight is 395 g/mol. The second-order valence-corrected chi connectivity index (χ2v) is 7.44. The molecule has 0 aliphatic carbocycles. The number of hydrogen-bond acceptors (Lipinski definition) is 3. The summed E-state index contributed by atoms with van der Waals surface area (Å²) < 4.78 is 0. The minimum atomic E-state index is -0.0453. The second-order valence-electron chi connectivity index (χ2n) is 7.44. The number of likely N-dealkylation sites (tertiary alicyclic amines) is 1. The van der Waals surface area contributed by atoms with Crippen LogP contribution in [0, 0.1) is 0 Å². The highest BCUT2D eigenvalue weighted by atomic mass is 16.2. The number of nitrogens with zero attached hydrogens (tertiary/aromatic N) is 2. The topological polar surface area (TPSA) is 64.7 Å². The first-order valence-electron chi connectivity index (χ1n) is 10.3. The number of carbonyl (C=O) groups excluding carboxylic acids is 2. The lowest BCUT2D eigenvalue weighted by atomic mass is 10.0. The molecule has 0 bridgehead atoms. The number of anilines is 1. The van der Waals surface area contributed by atoms with Crippen molar-refractivity contribution in [1.29, 1.82) is 0 Å². The molecule has 1 saturated heterocycles. The van der Waals surface area contributed by atoms with E-state index in [1.54, 1.807) is 0 Å². The van der Waals surface area contributed by atoms with Gasteiger partial charge in [-0.05, 0) is 43.5 Å². The summed E-state index contributed by atoms with van der Waals surface area (Å²) in [6, 6.07) is 19.6. The maximum absolute atomic E-state index is 12.4. The van der Waals surface area contributed by atoms with Crippen LogP contribution < -0.4 is 15.5 Å². The molecular formula is C23H30N4O2. The maximum atomic E-state index is 12.4. The van der Waals surface area contributed by atoms with Gasteiger partial charge in [0.05, 0.1) is 0 Å². The van der Waals surface area contributed by atoms with Crippen molar-refractivity contribution in [2.45, 2.75) is 25.3 Å². The third-order valence-electron chi connectivity index (χ3n) is 5.30. The van der Waals surface area contributed by atoms with Gasteiger partial charge in [0.15, 0.2) is 0 Å². The smallest absolute Gasteiger partial charge is 0.317 e. The first-order valence-corrected chi connectivity index (χ1v) is 10.3. The van der Waals surface area contributed by atoms with Crippen LogP contribution in [-0.2, 0) is 0 Å². The van der Waals surface area contributed by atoms with Crippen molar-refractivity contribution in [3.05, 3.63) is 66.2 Å². The van der Waals surface area contributed by atoms with Crippen LogP contribution in [0.15, 0.2) is 60.7 Å². The zero-order valence-electron chi connectivity index (χ0n) is 17.0. The Balaban J connectivity index is 1.32. The molecule has 0 unspecified atom stereocenters. The van der Waals surface area contributed by atoms with Crippen LogP contribution in [0.25, 0.3) is 0 Å². The maximum Gasteiger partial charge on any atom is 0.317 e. The lowest BCUT2D eigenvalue weighted by Gasteiger charge is -2.32. The van der Waals surface area contributed by atoms with Gasteiger partial charge in [-0.2, -0.15) is 0 Å².